The Morgan fingerprint density at radius 1 is 1.19 bits per heavy atom. The number of anilines is 2. The number of ether oxygens (including phenoxy) is 1. The van der Waals surface area contributed by atoms with Gasteiger partial charge in [-0.05, 0) is 38.4 Å². The molecule has 2 heterocycles. The third-order valence-corrected chi connectivity index (χ3v) is 4.36. The number of nitriles is 1. The smallest absolute Gasteiger partial charge is 0.161 e. The Morgan fingerprint density at radius 2 is 1.96 bits per heavy atom. The SMILES string of the molecule is CN(C)CCOc1cnc2ncc(C#N)c(Nc3ccc(Cl)cc3Cl)c2c1. The Morgan fingerprint density at radius 3 is 2.67 bits per heavy atom. The van der Waals surface area contributed by atoms with Crippen molar-refractivity contribution in [2.45, 2.75) is 0 Å². The van der Waals surface area contributed by atoms with Crippen LogP contribution >= 0.6 is 23.2 Å². The second-order valence-electron chi connectivity index (χ2n) is 6.10. The fraction of sp³-hybridized carbons (Fsp3) is 0.211. The molecule has 0 spiro atoms. The summed E-state index contributed by atoms with van der Waals surface area (Å²) < 4.78 is 5.76. The van der Waals surface area contributed by atoms with E-state index in [9.17, 15) is 5.26 Å². The third-order valence-electron chi connectivity index (χ3n) is 3.81. The molecule has 27 heavy (non-hydrogen) atoms. The monoisotopic (exact) mass is 401 g/mol. The Bertz CT molecular complexity index is 1020. The largest absolute Gasteiger partial charge is 0.491 e. The van der Waals surface area contributed by atoms with Crippen LogP contribution in [-0.4, -0.2) is 42.1 Å². The fourth-order valence-electron chi connectivity index (χ4n) is 2.43. The molecule has 0 saturated carbocycles. The van der Waals surface area contributed by atoms with Gasteiger partial charge in [0, 0.05) is 23.2 Å². The zero-order valence-corrected chi connectivity index (χ0v) is 16.3. The van der Waals surface area contributed by atoms with Crippen molar-refractivity contribution in [1.29, 1.82) is 5.26 Å². The van der Waals surface area contributed by atoms with Crippen molar-refractivity contribution < 1.29 is 4.74 Å². The average Bonchev–Trinajstić information content (AvgIpc) is 2.63. The maximum absolute atomic E-state index is 9.50. The maximum atomic E-state index is 9.50. The highest BCUT2D eigenvalue weighted by Gasteiger charge is 2.13. The molecule has 0 amide bonds. The highest BCUT2D eigenvalue weighted by atomic mass is 35.5. The van der Waals surface area contributed by atoms with Crippen LogP contribution in [0.15, 0.2) is 36.7 Å². The number of fused-ring (bicyclic) bond motifs is 1. The van der Waals surface area contributed by atoms with Gasteiger partial charge in [-0.3, -0.25) is 0 Å². The Labute approximate surface area is 167 Å². The summed E-state index contributed by atoms with van der Waals surface area (Å²) in [6.07, 6.45) is 3.10. The minimum absolute atomic E-state index is 0.376. The summed E-state index contributed by atoms with van der Waals surface area (Å²) in [6, 6.07) is 9.07. The molecular weight excluding hydrogens is 385 g/mol. The molecule has 0 saturated heterocycles. The van der Waals surface area contributed by atoms with E-state index in [1.54, 1.807) is 24.4 Å². The van der Waals surface area contributed by atoms with E-state index in [1.807, 2.05) is 25.1 Å². The predicted octanol–water partition coefficient (Wildman–Crippen LogP) is 4.49. The van der Waals surface area contributed by atoms with Gasteiger partial charge >= 0.3 is 0 Å². The number of halogens is 2. The van der Waals surface area contributed by atoms with Gasteiger partial charge < -0.3 is 15.0 Å². The lowest BCUT2D eigenvalue weighted by Crippen LogP contribution is -2.19. The fourth-order valence-corrected chi connectivity index (χ4v) is 2.89. The summed E-state index contributed by atoms with van der Waals surface area (Å²) >= 11 is 12.2. The minimum Gasteiger partial charge on any atom is -0.491 e. The van der Waals surface area contributed by atoms with E-state index < -0.39 is 0 Å². The Kier molecular flexibility index (Phi) is 5.97. The van der Waals surface area contributed by atoms with Gasteiger partial charge in [0.25, 0.3) is 0 Å². The molecule has 2 aromatic heterocycles. The van der Waals surface area contributed by atoms with Gasteiger partial charge in [-0.1, -0.05) is 23.2 Å². The highest BCUT2D eigenvalue weighted by molar-refractivity contribution is 6.36. The van der Waals surface area contributed by atoms with E-state index in [0.717, 1.165) is 6.54 Å². The van der Waals surface area contributed by atoms with Crippen LogP contribution in [0.2, 0.25) is 10.0 Å². The van der Waals surface area contributed by atoms with Gasteiger partial charge in [-0.2, -0.15) is 5.26 Å². The maximum Gasteiger partial charge on any atom is 0.161 e. The van der Waals surface area contributed by atoms with Gasteiger partial charge in [0.15, 0.2) is 5.65 Å². The van der Waals surface area contributed by atoms with Crippen molar-refractivity contribution >= 4 is 45.6 Å². The Hall–Kier alpha value is -2.59. The van der Waals surface area contributed by atoms with Gasteiger partial charge in [0.05, 0.1) is 28.2 Å². The molecule has 0 aliphatic rings. The van der Waals surface area contributed by atoms with Gasteiger partial charge in [0.2, 0.25) is 0 Å². The number of rotatable bonds is 6. The van der Waals surface area contributed by atoms with Gasteiger partial charge in [-0.15, -0.1) is 0 Å². The molecule has 0 atom stereocenters. The molecule has 3 aromatic rings. The standard InChI is InChI=1S/C19H17Cl2N5O/c1-26(2)5-6-27-14-8-15-18(12(9-22)10-23-19(15)24-11-14)25-17-4-3-13(20)7-16(17)21/h3-4,7-8,10-11H,5-6H2,1-2H3,(H,23,24,25). The normalized spacial score (nSPS) is 10.8. The van der Waals surface area contributed by atoms with E-state index in [4.69, 9.17) is 27.9 Å². The van der Waals surface area contributed by atoms with Crippen molar-refractivity contribution in [2.24, 2.45) is 0 Å². The van der Waals surface area contributed by atoms with Crippen LogP contribution in [0.1, 0.15) is 5.56 Å². The van der Waals surface area contributed by atoms with Crippen molar-refractivity contribution in [2.75, 3.05) is 32.6 Å². The van der Waals surface area contributed by atoms with Crippen LogP contribution in [0.5, 0.6) is 5.75 Å². The zero-order chi connectivity index (χ0) is 19.4. The molecule has 0 radical (unpaired) electrons. The van der Waals surface area contributed by atoms with E-state index in [1.165, 1.54) is 6.20 Å². The molecular formula is C19H17Cl2N5O. The number of likely N-dealkylation sites (N-methyl/N-ethyl adjacent to an activating group) is 1. The third kappa shape index (κ3) is 4.58. The van der Waals surface area contributed by atoms with Crippen LogP contribution in [0.4, 0.5) is 11.4 Å². The van der Waals surface area contributed by atoms with E-state index in [2.05, 4.69) is 21.4 Å². The molecule has 0 fully saturated rings. The zero-order valence-electron chi connectivity index (χ0n) is 14.8. The summed E-state index contributed by atoms with van der Waals surface area (Å²) in [5.74, 6) is 0.603. The first-order chi connectivity index (χ1) is 13.0. The second-order valence-corrected chi connectivity index (χ2v) is 6.95. The summed E-state index contributed by atoms with van der Waals surface area (Å²) in [5, 5.41) is 14.4. The molecule has 3 rings (SSSR count). The van der Waals surface area contributed by atoms with Gasteiger partial charge in [-0.25, -0.2) is 9.97 Å². The van der Waals surface area contributed by atoms with Crippen molar-refractivity contribution in [3.05, 3.63) is 52.3 Å². The lowest BCUT2D eigenvalue weighted by Gasteiger charge is -2.14. The number of pyridine rings is 2. The van der Waals surface area contributed by atoms with Crippen molar-refractivity contribution in [3.8, 4) is 11.8 Å². The Balaban J connectivity index is 2.01. The second kappa shape index (κ2) is 8.40. The first-order valence-corrected chi connectivity index (χ1v) is 8.92. The molecule has 0 unspecified atom stereocenters. The number of aromatic nitrogens is 2. The van der Waals surface area contributed by atoms with Crippen LogP contribution in [0, 0.1) is 11.3 Å². The number of nitrogens with one attached hydrogen (secondary N) is 1. The lowest BCUT2D eigenvalue weighted by molar-refractivity contribution is 0.261. The van der Waals surface area contributed by atoms with E-state index in [0.29, 0.717) is 50.4 Å². The number of nitrogens with zero attached hydrogens (tertiary/aromatic N) is 4. The topological polar surface area (TPSA) is 74.1 Å². The quantitative estimate of drug-likeness (QED) is 0.655. The molecule has 138 valence electrons. The minimum atomic E-state index is 0.376. The number of benzene rings is 1. The predicted molar refractivity (Wildman–Crippen MR) is 108 cm³/mol. The summed E-state index contributed by atoms with van der Waals surface area (Å²) in [7, 11) is 3.95. The molecule has 0 aliphatic heterocycles. The van der Waals surface area contributed by atoms with Crippen LogP contribution in [0.3, 0.4) is 0 Å². The number of hydrogen-bond donors (Lipinski definition) is 1. The summed E-state index contributed by atoms with van der Waals surface area (Å²) in [5.41, 5.74) is 2.07. The average molecular weight is 402 g/mol. The molecule has 1 aromatic carbocycles. The molecule has 0 bridgehead atoms. The number of hydrogen-bond acceptors (Lipinski definition) is 6. The van der Waals surface area contributed by atoms with Crippen LogP contribution < -0.4 is 10.1 Å². The highest BCUT2D eigenvalue weighted by Crippen LogP contribution is 2.33. The first kappa shape index (κ1) is 19.2. The van der Waals surface area contributed by atoms with Gasteiger partial charge in [0.1, 0.15) is 18.4 Å². The summed E-state index contributed by atoms with van der Waals surface area (Å²) in [6.45, 7) is 1.30. The molecule has 8 heteroatoms. The first-order valence-electron chi connectivity index (χ1n) is 8.16. The van der Waals surface area contributed by atoms with Crippen LogP contribution in [-0.2, 0) is 0 Å². The van der Waals surface area contributed by atoms with E-state index in [-0.39, 0.29) is 0 Å². The van der Waals surface area contributed by atoms with Crippen molar-refractivity contribution in [1.82, 2.24) is 14.9 Å². The molecule has 0 aliphatic carbocycles. The van der Waals surface area contributed by atoms with Crippen molar-refractivity contribution in [3.63, 3.8) is 0 Å². The summed E-state index contributed by atoms with van der Waals surface area (Å²) in [4.78, 5) is 10.6. The molecule has 1 N–H and O–H groups in total. The van der Waals surface area contributed by atoms with E-state index >= 15 is 0 Å². The lowest BCUT2D eigenvalue weighted by atomic mass is 10.1. The van der Waals surface area contributed by atoms with Crippen LogP contribution in [0.25, 0.3) is 11.0 Å². The molecule has 6 nitrogen and oxygen atoms in total.